The Balaban J connectivity index is 2.25. The van der Waals surface area contributed by atoms with Gasteiger partial charge in [0.25, 0.3) is 0 Å². The Morgan fingerprint density at radius 1 is 1.40 bits per heavy atom. The largest absolute Gasteiger partial charge is 0.316 e. The van der Waals surface area contributed by atoms with Crippen LogP contribution < -0.4 is 5.32 Å². The van der Waals surface area contributed by atoms with Crippen molar-refractivity contribution in [3.63, 3.8) is 0 Å². The van der Waals surface area contributed by atoms with Gasteiger partial charge in [-0.1, -0.05) is 20.8 Å². The van der Waals surface area contributed by atoms with Crippen molar-refractivity contribution >= 4 is 0 Å². The molecular weight excluding hydrogens is 184 g/mol. The third-order valence-electron chi connectivity index (χ3n) is 3.97. The Morgan fingerprint density at radius 3 is 2.53 bits per heavy atom. The second-order valence-corrected chi connectivity index (χ2v) is 6.17. The van der Waals surface area contributed by atoms with Gasteiger partial charge in [0.2, 0.25) is 0 Å². The van der Waals surface area contributed by atoms with Gasteiger partial charge in [-0.15, -0.1) is 0 Å². The van der Waals surface area contributed by atoms with Crippen LogP contribution in [0.2, 0.25) is 0 Å². The molecule has 1 N–H and O–H groups in total. The van der Waals surface area contributed by atoms with Crippen LogP contribution in [0.5, 0.6) is 0 Å². The summed E-state index contributed by atoms with van der Waals surface area (Å²) >= 11 is 0. The Morgan fingerprint density at radius 2 is 2.07 bits per heavy atom. The summed E-state index contributed by atoms with van der Waals surface area (Å²) < 4.78 is 0. The molecule has 0 aliphatic carbocycles. The first kappa shape index (κ1) is 13.0. The van der Waals surface area contributed by atoms with Crippen molar-refractivity contribution in [2.75, 3.05) is 26.7 Å². The Bertz CT molecular complexity index is 177. The molecule has 1 aliphatic heterocycles. The fraction of sp³-hybridized carbons (Fsp3) is 1.00. The molecule has 0 aromatic heterocycles. The van der Waals surface area contributed by atoms with E-state index in [-0.39, 0.29) is 0 Å². The van der Waals surface area contributed by atoms with E-state index in [0.717, 1.165) is 5.92 Å². The molecule has 1 fully saturated rings. The summed E-state index contributed by atoms with van der Waals surface area (Å²) in [5.41, 5.74) is 0.392. The molecule has 1 heterocycles. The van der Waals surface area contributed by atoms with Crippen LogP contribution in [0.3, 0.4) is 0 Å². The quantitative estimate of drug-likeness (QED) is 0.769. The molecule has 1 aliphatic rings. The van der Waals surface area contributed by atoms with Crippen molar-refractivity contribution in [1.82, 2.24) is 10.2 Å². The van der Waals surface area contributed by atoms with Gasteiger partial charge in [0.05, 0.1) is 0 Å². The van der Waals surface area contributed by atoms with Crippen molar-refractivity contribution in [3.05, 3.63) is 0 Å². The molecule has 0 amide bonds. The molecule has 1 rings (SSSR count). The average Bonchev–Trinajstić information content (AvgIpc) is 2.63. The Kier molecular flexibility index (Phi) is 4.60. The van der Waals surface area contributed by atoms with Crippen LogP contribution in [-0.4, -0.2) is 37.6 Å². The van der Waals surface area contributed by atoms with Crippen LogP contribution in [-0.2, 0) is 0 Å². The van der Waals surface area contributed by atoms with Gasteiger partial charge in [0.1, 0.15) is 0 Å². The van der Waals surface area contributed by atoms with Gasteiger partial charge in [0.15, 0.2) is 0 Å². The molecule has 0 saturated carbocycles. The second kappa shape index (κ2) is 5.31. The molecule has 0 aromatic rings. The molecule has 90 valence electrons. The number of hydrogen-bond acceptors (Lipinski definition) is 2. The lowest BCUT2D eigenvalue weighted by atomic mass is 9.87. The highest BCUT2D eigenvalue weighted by Crippen LogP contribution is 2.23. The van der Waals surface area contributed by atoms with Crippen LogP contribution in [0.4, 0.5) is 0 Å². The van der Waals surface area contributed by atoms with Crippen molar-refractivity contribution in [3.8, 4) is 0 Å². The van der Waals surface area contributed by atoms with Gasteiger partial charge in [-0.05, 0) is 57.8 Å². The van der Waals surface area contributed by atoms with Gasteiger partial charge in [-0.3, -0.25) is 0 Å². The second-order valence-electron chi connectivity index (χ2n) is 6.17. The van der Waals surface area contributed by atoms with Gasteiger partial charge >= 0.3 is 0 Å². The lowest BCUT2D eigenvalue weighted by Gasteiger charge is -2.35. The van der Waals surface area contributed by atoms with E-state index in [9.17, 15) is 0 Å². The van der Waals surface area contributed by atoms with Crippen LogP contribution in [0, 0.1) is 11.3 Å². The fourth-order valence-electron chi connectivity index (χ4n) is 2.20. The first-order chi connectivity index (χ1) is 6.91. The molecule has 2 nitrogen and oxygen atoms in total. The molecular formula is C13H28N2. The van der Waals surface area contributed by atoms with E-state index in [0.29, 0.717) is 11.5 Å². The fourth-order valence-corrected chi connectivity index (χ4v) is 2.20. The summed E-state index contributed by atoms with van der Waals surface area (Å²) in [5, 5.41) is 3.44. The molecule has 2 unspecified atom stereocenters. The number of nitrogens with zero attached hydrogens (tertiary/aromatic N) is 1. The highest BCUT2D eigenvalue weighted by Gasteiger charge is 2.24. The molecule has 2 atom stereocenters. The lowest BCUT2D eigenvalue weighted by molar-refractivity contribution is 0.134. The van der Waals surface area contributed by atoms with Crippen molar-refractivity contribution < 1.29 is 0 Å². The van der Waals surface area contributed by atoms with Crippen molar-refractivity contribution in [2.45, 2.75) is 46.6 Å². The minimum atomic E-state index is 0.392. The predicted molar refractivity (Wildman–Crippen MR) is 67.1 cm³/mol. The summed E-state index contributed by atoms with van der Waals surface area (Å²) in [6.07, 6.45) is 2.72. The minimum Gasteiger partial charge on any atom is -0.316 e. The van der Waals surface area contributed by atoms with Crippen molar-refractivity contribution in [2.24, 2.45) is 11.3 Å². The number of nitrogens with one attached hydrogen (secondary N) is 1. The zero-order valence-corrected chi connectivity index (χ0v) is 11.1. The summed E-state index contributed by atoms with van der Waals surface area (Å²) in [6, 6.07) is 0.659. The third-order valence-corrected chi connectivity index (χ3v) is 3.97. The Hall–Kier alpha value is -0.0800. The van der Waals surface area contributed by atoms with Crippen LogP contribution in [0.25, 0.3) is 0 Å². The normalized spacial score (nSPS) is 24.8. The maximum absolute atomic E-state index is 3.44. The Labute approximate surface area is 95.4 Å². The smallest absolute Gasteiger partial charge is 0.0112 e. The zero-order chi connectivity index (χ0) is 11.5. The van der Waals surface area contributed by atoms with E-state index in [4.69, 9.17) is 0 Å². The van der Waals surface area contributed by atoms with Crippen LogP contribution in [0.1, 0.15) is 40.5 Å². The van der Waals surface area contributed by atoms with E-state index < -0.39 is 0 Å². The van der Waals surface area contributed by atoms with Crippen molar-refractivity contribution in [1.29, 1.82) is 0 Å². The molecule has 15 heavy (non-hydrogen) atoms. The standard InChI is InChI=1S/C13H28N2/c1-11(13(2,3)4)15(5)9-7-12-6-8-14-10-12/h11-12,14H,6-10H2,1-5H3. The first-order valence-electron chi connectivity index (χ1n) is 6.32. The van der Waals surface area contributed by atoms with Crippen LogP contribution >= 0.6 is 0 Å². The van der Waals surface area contributed by atoms with E-state index in [2.05, 4.69) is 45.0 Å². The summed E-state index contributed by atoms with van der Waals surface area (Å²) in [4.78, 5) is 2.51. The summed E-state index contributed by atoms with van der Waals surface area (Å²) in [7, 11) is 2.26. The predicted octanol–water partition coefficient (Wildman–Crippen LogP) is 2.35. The zero-order valence-electron chi connectivity index (χ0n) is 11.1. The highest BCUT2D eigenvalue weighted by molar-refractivity contribution is 4.79. The molecule has 0 bridgehead atoms. The van der Waals surface area contributed by atoms with Gasteiger partial charge in [-0.25, -0.2) is 0 Å². The summed E-state index contributed by atoms with van der Waals surface area (Å²) in [6.45, 7) is 13.0. The van der Waals surface area contributed by atoms with Gasteiger partial charge < -0.3 is 10.2 Å². The van der Waals surface area contributed by atoms with Gasteiger partial charge in [-0.2, -0.15) is 0 Å². The topological polar surface area (TPSA) is 15.3 Å². The monoisotopic (exact) mass is 212 g/mol. The first-order valence-corrected chi connectivity index (χ1v) is 6.32. The summed E-state index contributed by atoms with van der Waals surface area (Å²) in [5.74, 6) is 0.916. The molecule has 0 radical (unpaired) electrons. The van der Waals surface area contributed by atoms with E-state index in [1.54, 1.807) is 0 Å². The molecule has 0 aromatic carbocycles. The SMILES string of the molecule is CC(N(C)CCC1CCNC1)C(C)(C)C. The molecule has 0 spiro atoms. The van der Waals surface area contributed by atoms with E-state index in [1.165, 1.54) is 32.5 Å². The highest BCUT2D eigenvalue weighted by atomic mass is 15.1. The average molecular weight is 212 g/mol. The maximum Gasteiger partial charge on any atom is 0.0112 e. The van der Waals surface area contributed by atoms with E-state index in [1.807, 2.05) is 0 Å². The van der Waals surface area contributed by atoms with Crippen LogP contribution in [0.15, 0.2) is 0 Å². The van der Waals surface area contributed by atoms with Gasteiger partial charge in [0, 0.05) is 6.04 Å². The molecule has 2 heteroatoms. The number of hydrogen-bond donors (Lipinski definition) is 1. The minimum absolute atomic E-state index is 0.392. The maximum atomic E-state index is 3.44. The number of rotatable bonds is 4. The molecule has 1 saturated heterocycles. The lowest BCUT2D eigenvalue weighted by Crippen LogP contribution is -2.40. The van der Waals surface area contributed by atoms with E-state index >= 15 is 0 Å². The third kappa shape index (κ3) is 4.12.